The zero-order chi connectivity index (χ0) is 24.9. The Morgan fingerprint density at radius 3 is 1.84 bits per heavy atom. The predicted octanol–water partition coefficient (Wildman–Crippen LogP) is 3.14. The first-order valence-electron chi connectivity index (χ1n) is 13.1. The van der Waals surface area contributed by atoms with Gasteiger partial charge in [0.05, 0.1) is 0 Å². The Labute approximate surface area is 244 Å². The van der Waals surface area contributed by atoms with Crippen molar-refractivity contribution in [2.75, 3.05) is 0 Å². The molecule has 0 fully saturated rings. The summed E-state index contributed by atoms with van der Waals surface area (Å²) in [4.78, 5) is 0. The number of fused-ring (bicyclic) bond motifs is 3. The van der Waals surface area contributed by atoms with Crippen LogP contribution in [0.4, 0.5) is 0 Å². The number of aryl methyl sites for hydroxylation is 2. The van der Waals surface area contributed by atoms with Crippen molar-refractivity contribution in [2.24, 2.45) is 11.3 Å². The van der Waals surface area contributed by atoms with Crippen LogP contribution in [0.5, 0.6) is 0 Å². The van der Waals surface area contributed by atoms with Gasteiger partial charge in [0.2, 0.25) is 0 Å². The van der Waals surface area contributed by atoms with Gasteiger partial charge in [0.15, 0.2) is 0 Å². The quantitative estimate of drug-likeness (QED) is 0.427. The van der Waals surface area contributed by atoms with E-state index in [4.69, 9.17) is 0 Å². The maximum absolute atomic E-state index is 2.65. The smallest absolute Gasteiger partial charge is 1.00 e. The molecule has 2 aliphatic carbocycles. The van der Waals surface area contributed by atoms with Gasteiger partial charge in [0.25, 0.3) is 0 Å². The molecule has 0 radical (unpaired) electrons. The van der Waals surface area contributed by atoms with E-state index in [1.165, 1.54) is 39.8 Å². The third kappa shape index (κ3) is 5.61. The molecule has 0 saturated heterocycles. The Bertz CT molecular complexity index is 1340. The molecule has 3 aromatic carbocycles. The molecule has 0 nitrogen and oxygen atoms in total. The summed E-state index contributed by atoms with van der Waals surface area (Å²) in [6.07, 6.45) is 6.45. The van der Waals surface area contributed by atoms with E-state index in [1.807, 2.05) is 0 Å². The second-order valence-corrected chi connectivity index (χ2v) is 18.2. The van der Waals surface area contributed by atoms with E-state index in [0.717, 1.165) is 0 Å². The van der Waals surface area contributed by atoms with Gasteiger partial charge >= 0.3 is 221 Å². The normalized spacial score (nSPS) is 16.6. The fraction of sp³-hybridized carbons (Fsp3) is 0.324. The van der Waals surface area contributed by atoms with Crippen LogP contribution in [0.3, 0.4) is 0 Å². The maximum atomic E-state index is 2.65. The van der Waals surface area contributed by atoms with Crippen LogP contribution in [0.15, 0.2) is 87.7 Å². The summed E-state index contributed by atoms with van der Waals surface area (Å²) in [7, 11) is 0. The van der Waals surface area contributed by atoms with Crippen LogP contribution in [0.1, 0.15) is 72.5 Å². The molecule has 2 aliphatic rings. The Hall–Kier alpha value is -1.53. The molecule has 192 valence electrons. The van der Waals surface area contributed by atoms with Gasteiger partial charge in [0, 0.05) is 0 Å². The molecule has 0 aliphatic heterocycles. The van der Waals surface area contributed by atoms with E-state index in [2.05, 4.69) is 127 Å². The van der Waals surface area contributed by atoms with Crippen molar-refractivity contribution in [3.63, 3.8) is 0 Å². The molecule has 37 heavy (non-hydrogen) atoms. The van der Waals surface area contributed by atoms with Gasteiger partial charge in [-0.05, 0) is 0 Å². The van der Waals surface area contributed by atoms with Crippen LogP contribution in [-0.4, -0.2) is 3.21 Å². The molecule has 1 atom stereocenters. The predicted molar refractivity (Wildman–Crippen MR) is 149 cm³/mol. The zero-order valence-electron chi connectivity index (χ0n) is 23.1. The summed E-state index contributed by atoms with van der Waals surface area (Å²) in [6, 6.07) is 25.6. The number of hydrogen-bond donors (Lipinski definition) is 0. The molecule has 0 N–H and O–H groups in total. The first-order valence-corrected chi connectivity index (χ1v) is 17.0. The minimum Gasteiger partial charge on any atom is -1.00 e. The molecule has 0 bridgehead atoms. The molecule has 0 saturated carbocycles. The number of benzene rings is 3. The van der Waals surface area contributed by atoms with Crippen LogP contribution >= 0.6 is 0 Å². The molecular weight excluding hydrogens is 571 g/mol. The molecule has 1 unspecified atom stereocenters. The van der Waals surface area contributed by atoms with Crippen LogP contribution in [-0.2, 0) is 21.3 Å². The van der Waals surface area contributed by atoms with Crippen molar-refractivity contribution in [1.82, 2.24) is 0 Å². The Morgan fingerprint density at radius 1 is 0.811 bits per heavy atom. The first-order chi connectivity index (χ1) is 16.7. The Morgan fingerprint density at radius 2 is 1.35 bits per heavy atom. The van der Waals surface area contributed by atoms with E-state index in [-0.39, 0.29) is 30.2 Å². The van der Waals surface area contributed by atoms with Gasteiger partial charge in [-0.2, -0.15) is 0 Å². The standard InChI is InChI=1S/C15H13.C11H17.C8H8.2ClH.Zr/c1-10-3-5-14-12(7-10)9-13-8-11(2)4-6-15(13)14;1-5-9-6-7-10(8-9)11(2,3)4;1-2-8-6-4-3-5-7-8;;;/h3-9H,1-2H3;7-9H,5H2,1-4H3;3-7H,1H3;2*1H;/q;;;;;+2/p-2. The molecule has 3 aromatic rings. The van der Waals surface area contributed by atoms with Gasteiger partial charge < -0.3 is 24.8 Å². The van der Waals surface area contributed by atoms with Crippen molar-refractivity contribution in [3.05, 3.63) is 116 Å². The van der Waals surface area contributed by atoms with E-state index in [0.29, 0.717) is 9.54 Å². The maximum Gasteiger partial charge on any atom is -1.00 e. The summed E-state index contributed by atoms with van der Waals surface area (Å²) >= 11 is -2.45. The topological polar surface area (TPSA) is 0 Å². The molecule has 0 spiro atoms. The van der Waals surface area contributed by atoms with Gasteiger partial charge in [-0.25, -0.2) is 0 Å². The van der Waals surface area contributed by atoms with E-state index in [9.17, 15) is 0 Å². The van der Waals surface area contributed by atoms with Crippen molar-refractivity contribution in [3.8, 4) is 11.1 Å². The van der Waals surface area contributed by atoms with Gasteiger partial charge in [0.1, 0.15) is 0 Å². The molecule has 0 heterocycles. The van der Waals surface area contributed by atoms with Crippen molar-refractivity contribution in [2.45, 2.75) is 58.5 Å². The molecule has 3 heteroatoms. The SMILES string of the molecule is CCC1C=C(C(C)(C)C)C=[C]1/[Zr+2](=[C](/C)c1ccccc1)[CH]1c2cc(C)ccc2-c2ccc(C)cc21.[Cl-].[Cl-]. The Balaban J connectivity index is 0.00000190. The fourth-order valence-electron chi connectivity index (χ4n) is 5.97. The van der Waals surface area contributed by atoms with E-state index in [1.54, 1.807) is 17.6 Å². The number of halogens is 2. The van der Waals surface area contributed by atoms with Crippen molar-refractivity contribution >= 4 is 3.21 Å². The Kier molecular flexibility index (Phi) is 9.49. The third-order valence-electron chi connectivity index (χ3n) is 7.93. The second kappa shape index (κ2) is 11.7. The van der Waals surface area contributed by atoms with Crippen LogP contribution in [0.2, 0.25) is 0 Å². The molecule has 5 rings (SSSR count). The summed E-state index contributed by atoms with van der Waals surface area (Å²) in [6.45, 7) is 16.5. The average molecular weight is 609 g/mol. The summed E-state index contributed by atoms with van der Waals surface area (Å²) in [5, 5.41) is 0. The summed E-state index contributed by atoms with van der Waals surface area (Å²) < 4.78 is 3.98. The third-order valence-corrected chi connectivity index (χ3v) is 16.4. The van der Waals surface area contributed by atoms with Gasteiger partial charge in [-0.1, -0.05) is 0 Å². The molecule has 0 aromatic heterocycles. The van der Waals surface area contributed by atoms with E-state index < -0.39 is 21.3 Å². The molecular formula is C34H38Cl2Zr. The largest absolute Gasteiger partial charge is 1.00 e. The van der Waals surface area contributed by atoms with E-state index >= 15 is 0 Å². The number of allylic oxidation sites excluding steroid dienone is 4. The fourth-order valence-corrected chi connectivity index (χ4v) is 15.2. The average Bonchev–Trinajstić information content (AvgIpc) is 3.39. The molecule has 0 amide bonds. The number of hydrogen-bond acceptors (Lipinski definition) is 0. The monoisotopic (exact) mass is 606 g/mol. The summed E-state index contributed by atoms with van der Waals surface area (Å²) in [5.74, 6) is 0.569. The second-order valence-electron chi connectivity index (χ2n) is 11.5. The first kappa shape index (κ1) is 30.0. The minimum absolute atomic E-state index is 0. The van der Waals surface area contributed by atoms with Crippen LogP contribution in [0, 0.1) is 25.2 Å². The van der Waals surface area contributed by atoms with Gasteiger partial charge in [-0.3, -0.25) is 0 Å². The minimum atomic E-state index is -2.45. The number of rotatable bonds is 4. The van der Waals surface area contributed by atoms with Gasteiger partial charge in [-0.15, -0.1) is 0 Å². The van der Waals surface area contributed by atoms with Crippen LogP contribution in [0.25, 0.3) is 11.1 Å². The van der Waals surface area contributed by atoms with Crippen molar-refractivity contribution < 1.29 is 46.1 Å². The zero-order valence-corrected chi connectivity index (χ0v) is 27.1. The summed E-state index contributed by atoms with van der Waals surface area (Å²) in [5.41, 5.74) is 12.0. The van der Waals surface area contributed by atoms with Crippen molar-refractivity contribution in [1.29, 1.82) is 0 Å². The van der Waals surface area contributed by atoms with Crippen LogP contribution < -0.4 is 24.8 Å².